The lowest BCUT2D eigenvalue weighted by atomic mass is 10.1. The third-order valence-electron chi connectivity index (χ3n) is 2.30. The van der Waals surface area contributed by atoms with Crippen LogP contribution >= 0.6 is 0 Å². The molecule has 2 N–H and O–H groups in total. The third kappa shape index (κ3) is 3.87. The first-order valence-corrected chi connectivity index (χ1v) is 4.91. The highest BCUT2D eigenvalue weighted by molar-refractivity contribution is 5.69. The molecule has 92 valence electrons. The second kappa shape index (κ2) is 4.95. The van der Waals surface area contributed by atoms with Crippen molar-refractivity contribution in [2.75, 3.05) is 24.2 Å². The van der Waals surface area contributed by atoms with E-state index in [4.69, 9.17) is 11.0 Å². The lowest BCUT2D eigenvalue weighted by Gasteiger charge is -2.21. The molecule has 0 radical (unpaired) electrons. The number of alkyl halides is 3. The summed E-state index contributed by atoms with van der Waals surface area (Å²) < 4.78 is 36.1. The Hall–Kier alpha value is -1.90. The first-order chi connectivity index (χ1) is 7.83. The van der Waals surface area contributed by atoms with Crippen LogP contribution in [0.25, 0.3) is 0 Å². The fraction of sp³-hybridized carbons (Fsp3) is 0.364. The zero-order valence-electron chi connectivity index (χ0n) is 9.25. The number of nitriles is 1. The van der Waals surface area contributed by atoms with E-state index in [0.29, 0.717) is 16.9 Å². The third-order valence-corrected chi connectivity index (χ3v) is 2.30. The van der Waals surface area contributed by atoms with Crippen LogP contribution in [0.1, 0.15) is 12.0 Å². The Morgan fingerprint density at radius 2 is 2.06 bits per heavy atom. The number of halogens is 3. The first kappa shape index (κ1) is 13.2. The molecular formula is C11H12F3N3. The molecule has 1 aromatic rings. The Labute approximate surface area is 97.2 Å². The highest BCUT2D eigenvalue weighted by Gasteiger charge is 2.27. The number of nitrogen functional groups attached to an aromatic ring is 1. The van der Waals surface area contributed by atoms with Crippen LogP contribution in [0.3, 0.4) is 0 Å². The Morgan fingerprint density at radius 1 is 1.41 bits per heavy atom. The van der Waals surface area contributed by atoms with Crippen LogP contribution in [0.4, 0.5) is 24.5 Å². The average Bonchev–Trinajstić information content (AvgIpc) is 2.24. The molecule has 0 fully saturated rings. The van der Waals surface area contributed by atoms with Crippen molar-refractivity contribution in [2.24, 2.45) is 0 Å². The molecule has 0 saturated heterocycles. The number of nitrogens with two attached hydrogens (primary N) is 1. The van der Waals surface area contributed by atoms with Crippen molar-refractivity contribution in [3.8, 4) is 6.07 Å². The fourth-order valence-corrected chi connectivity index (χ4v) is 1.39. The summed E-state index contributed by atoms with van der Waals surface area (Å²) in [6, 6.07) is 6.43. The molecule has 0 heterocycles. The van der Waals surface area contributed by atoms with Gasteiger partial charge < -0.3 is 10.6 Å². The second-order valence-electron chi connectivity index (χ2n) is 3.67. The predicted molar refractivity (Wildman–Crippen MR) is 59.5 cm³/mol. The number of nitrogens with zero attached hydrogens (tertiary/aromatic N) is 2. The number of rotatable bonds is 3. The van der Waals surface area contributed by atoms with E-state index >= 15 is 0 Å². The minimum Gasteiger partial charge on any atom is -0.397 e. The molecular weight excluding hydrogens is 231 g/mol. The van der Waals surface area contributed by atoms with Crippen molar-refractivity contribution in [2.45, 2.75) is 12.6 Å². The first-order valence-electron chi connectivity index (χ1n) is 4.91. The van der Waals surface area contributed by atoms with Crippen molar-refractivity contribution in [1.82, 2.24) is 0 Å². The largest absolute Gasteiger partial charge is 0.397 e. The Kier molecular flexibility index (Phi) is 3.84. The maximum absolute atomic E-state index is 12.0. The summed E-state index contributed by atoms with van der Waals surface area (Å²) in [4.78, 5) is 1.42. The molecule has 0 spiro atoms. The van der Waals surface area contributed by atoms with Gasteiger partial charge in [-0.2, -0.15) is 18.4 Å². The summed E-state index contributed by atoms with van der Waals surface area (Å²) in [6.45, 7) is -0.167. The van der Waals surface area contributed by atoms with E-state index < -0.39 is 12.6 Å². The summed E-state index contributed by atoms with van der Waals surface area (Å²) in [5.74, 6) is 0. The van der Waals surface area contributed by atoms with E-state index in [1.807, 2.05) is 6.07 Å². The molecule has 0 bridgehead atoms. The standard InChI is InChI=1S/C11H12F3N3/c1-17(5-4-11(12,13)14)10-3-2-8(7-15)6-9(10)16/h2-3,6H,4-5,16H2,1H3. The lowest BCUT2D eigenvalue weighted by molar-refractivity contribution is -0.132. The van der Waals surface area contributed by atoms with Gasteiger partial charge in [0.15, 0.2) is 0 Å². The summed E-state index contributed by atoms with van der Waals surface area (Å²) >= 11 is 0. The van der Waals surface area contributed by atoms with Crippen molar-refractivity contribution in [1.29, 1.82) is 5.26 Å². The van der Waals surface area contributed by atoms with Crippen LogP contribution < -0.4 is 10.6 Å². The van der Waals surface area contributed by atoms with Gasteiger partial charge in [-0.05, 0) is 18.2 Å². The Morgan fingerprint density at radius 3 is 2.53 bits per heavy atom. The smallest absolute Gasteiger partial charge is 0.390 e. The second-order valence-corrected chi connectivity index (χ2v) is 3.67. The van der Waals surface area contributed by atoms with Crippen LogP contribution in [-0.2, 0) is 0 Å². The summed E-state index contributed by atoms with van der Waals surface area (Å²) in [5, 5.41) is 8.63. The zero-order chi connectivity index (χ0) is 13.1. The molecule has 0 aliphatic rings. The van der Waals surface area contributed by atoms with Crippen LogP contribution in [0, 0.1) is 11.3 Å². The van der Waals surface area contributed by atoms with E-state index in [1.54, 1.807) is 6.07 Å². The lowest BCUT2D eigenvalue weighted by Crippen LogP contribution is -2.24. The zero-order valence-corrected chi connectivity index (χ0v) is 9.25. The van der Waals surface area contributed by atoms with Crippen molar-refractivity contribution < 1.29 is 13.2 Å². The predicted octanol–water partition coefficient (Wildman–Crippen LogP) is 2.53. The molecule has 0 aliphatic carbocycles. The number of hydrogen-bond acceptors (Lipinski definition) is 3. The Balaban J connectivity index is 2.76. The molecule has 17 heavy (non-hydrogen) atoms. The highest BCUT2D eigenvalue weighted by Crippen LogP contribution is 2.26. The van der Waals surface area contributed by atoms with Gasteiger partial charge in [0, 0.05) is 13.6 Å². The monoisotopic (exact) mass is 243 g/mol. The molecule has 0 saturated carbocycles. The molecule has 1 rings (SSSR count). The van der Waals surface area contributed by atoms with E-state index in [-0.39, 0.29) is 6.54 Å². The van der Waals surface area contributed by atoms with Crippen LogP contribution in [0.15, 0.2) is 18.2 Å². The van der Waals surface area contributed by atoms with Gasteiger partial charge in [0.2, 0.25) is 0 Å². The van der Waals surface area contributed by atoms with Gasteiger partial charge in [-0.25, -0.2) is 0 Å². The topological polar surface area (TPSA) is 53.0 Å². The van der Waals surface area contributed by atoms with Gasteiger partial charge in [0.1, 0.15) is 0 Å². The molecule has 0 atom stereocenters. The SMILES string of the molecule is CN(CCC(F)(F)F)c1ccc(C#N)cc1N. The van der Waals surface area contributed by atoms with Gasteiger partial charge in [-0.15, -0.1) is 0 Å². The van der Waals surface area contributed by atoms with Crippen LogP contribution in [-0.4, -0.2) is 19.8 Å². The van der Waals surface area contributed by atoms with Crippen LogP contribution in [0.5, 0.6) is 0 Å². The van der Waals surface area contributed by atoms with E-state index in [2.05, 4.69) is 0 Å². The van der Waals surface area contributed by atoms with E-state index in [0.717, 1.165) is 0 Å². The van der Waals surface area contributed by atoms with Gasteiger partial charge in [-0.3, -0.25) is 0 Å². The molecule has 0 aromatic heterocycles. The van der Waals surface area contributed by atoms with Crippen molar-refractivity contribution in [3.63, 3.8) is 0 Å². The highest BCUT2D eigenvalue weighted by atomic mass is 19.4. The van der Waals surface area contributed by atoms with E-state index in [1.165, 1.54) is 24.1 Å². The minimum atomic E-state index is -4.18. The molecule has 1 aromatic carbocycles. The van der Waals surface area contributed by atoms with Gasteiger partial charge >= 0.3 is 6.18 Å². The quantitative estimate of drug-likeness (QED) is 0.830. The average molecular weight is 243 g/mol. The summed E-state index contributed by atoms with van der Waals surface area (Å²) in [7, 11) is 1.53. The molecule has 6 heteroatoms. The molecule has 0 aliphatic heterocycles. The normalized spacial score (nSPS) is 11.0. The number of hydrogen-bond donors (Lipinski definition) is 1. The van der Waals surface area contributed by atoms with E-state index in [9.17, 15) is 13.2 Å². The summed E-state index contributed by atoms with van der Waals surface area (Å²) in [6.07, 6.45) is -5.08. The maximum Gasteiger partial charge on any atom is 0.390 e. The number of benzene rings is 1. The molecule has 3 nitrogen and oxygen atoms in total. The van der Waals surface area contributed by atoms with Gasteiger partial charge in [0.05, 0.1) is 29.4 Å². The van der Waals surface area contributed by atoms with Crippen molar-refractivity contribution in [3.05, 3.63) is 23.8 Å². The molecule has 0 unspecified atom stereocenters. The van der Waals surface area contributed by atoms with Gasteiger partial charge in [-0.1, -0.05) is 0 Å². The Bertz CT molecular complexity index is 435. The summed E-state index contributed by atoms with van der Waals surface area (Å²) in [5.41, 5.74) is 6.84. The minimum absolute atomic E-state index is 0.167. The maximum atomic E-state index is 12.0. The fourth-order valence-electron chi connectivity index (χ4n) is 1.39. The van der Waals surface area contributed by atoms with Crippen LogP contribution in [0.2, 0.25) is 0 Å². The molecule has 0 amide bonds. The van der Waals surface area contributed by atoms with Gasteiger partial charge in [0.25, 0.3) is 0 Å². The number of anilines is 2. The van der Waals surface area contributed by atoms with Crippen molar-refractivity contribution >= 4 is 11.4 Å².